The molecule has 0 saturated carbocycles. The number of allylic oxidation sites excluding steroid dienone is 2. The van der Waals surface area contributed by atoms with E-state index in [9.17, 15) is 24.9 Å². The van der Waals surface area contributed by atoms with E-state index >= 15 is 0 Å². The van der Waals surface area contributed by atoms with Gasteiger partial charge in [0.2, 0.25) is 0 Å². The minimum Gasteiger partial charge on any atom is -0.488 e. The van der Waals surface area contributed by atoms with Gasteiger partial charge in [0.15, 0.2) is 0 Å². The van der Waals surface area contributed by atoms with Gasteiger partial charge in [-0.05, 0) is 61.8 Å². The van der Waals surface area contributed by atoms with E-state index in [0.29, 0.717) is 0 Å². The van der Waals surface area contributed by atoms with Crippen molar-refractivity contribution in [2.45, 2.75) is 58.7 Å². The number of aliphatic hydroxyl groups is 1. The molecule has 162 valence electrons. The number of ether oxygens (including phenoxy) is 1. The Morgan fingerprint density at radius 3 is 2.47 bits per heavy atom. The zero-order valence-corrected chi connectivity index (χ0v) is 18.3. The molecule has 1 heterocycles. The molecule has 30 heavy (non-hydrogen) atoms. The topological polar surface area (TPSA) is 104 Å². The van der Waals surface area contributed by atoms with Crippen molar-refractivity contribution in [3.8, 4) is 5.75 Å². The summed E-state index contributed by atoms with van der Waals surface area (Å²) in [5.74, 6) is -2.62. The summed E-state index contributed by atoms with van der Waals surface area (Å²) in [7, 11) is 0. The zero-order chi connectivity index (χ0) is 22.3. The van der Waals surface area contributed by atoms with E-state index in [4.69, 9.17) is 4.74 Å². The van der Waals surface area contributed by atoms with Crippen LogP contribution < -0.4 is 4.74 Å². The van der Waals surface area contributed by atoms with E-state index in [1.165, 1.54) is 18.2 Å². The van der Waals surface area contributed by atoms with Crippen LogP contribution in [0.3, 0.4) is 0 Å². The molecule has 0 fully saturated rings. The van der Waals surface area contributed by atoms with E-state index in [-0.39, 0.29) is 23.5 Å². The molecule has 1 aromatic carbocycles. The summed E-state index contributed by atoms with van der Waals surface area (Å²) in [6.45, 7) is 6.14. The van der Waals surface area contributed by atoms with Crippen LogP contribution in [0.5, 0.6) is 5.75 Å². The highest BCUT2D eigenvalue weighted by molar-refractivity contribution is 7.11. The molecule has 0 amide bonds. The van der Waals surface area contributed by atoms with Gasteiger partial charge < -0.3 is 20.1 Å². The molecule has 2 aromatic rings. The van der Waals surface area contributed by atoms with Crippen molar-refractivity contribution in [2.24, 2.45) is 0 Å². The standard InChI is InChI=1S/C23H28O6S/c1-4-23(28,5-2)11-7-8-15(3)19-12-16(14-30-19)13-29-18-10-6-9-17(21(24)25)20(18)22(26)27/h6,8-10,12,14,28H,4-5,7,11,13H2,1-3H3,(H,24,25)(H,26,27). The van der Waals surface area contributed by atoms with Crippen molar-refractivity contribution >= 4 is 28.8 Å². The van der Waals surface area contributed by atoms with Crippen LogP contribution in [-0.2, 0) is 6.61 Å². The van der Waals surface area contributed by atoms with Gasteiger partial charge in [-0.3, -0.25) is 0 Å². The first-order chi connectivity index (χ1) is 14.2. The molecule has 0 atom stereocenters. The molecule has 0 aliphatic carbocycles. The largest absolute Gasteiger partial charge is 0.488 e. The third-order valence-corrected chi connectivity index (χ3v) is 6.40. The van der Waals surface area contributed by atoms with E-state index in [0.717, 1.165) is 41.7 Å². The summed E-state index contributed by atoms with van der Waals surface area (Å²) in [4.78, 5) is 23.9. The molecule has 0 aliphatic rings. The SMILES string of the molecule is CCC(O)(CC)CCC=C(C)c1cc(COc2cccc(C(=O)O)c2C(=O)O)cs1. The number of benzene rings is 1. The summed E-state index contributed by atoms with van der Waals surface area (Å²) >= 11 is 1.56. The summed E-state index contributed by atoms with van der Waals surface area (Å²) < 4.78 is 5.63. The van der Waals surface area contributed by atoms with Crippen LogP contribution in [0, 0.1) is 0 Å². The van der Waals surface area contributed by atoms with Crippen LogP contribution in [0.15, 0.2) is 35.7 Å². The van der Waals surface area contributed by atoms with Crippen molar-refractivity contribution in [2.75, 3.05) is 0 Å². The number of hydrogen-bond acceptors (Lipinski definition) is 5. The number of rotatable bonds is 11. The Balaban J connectivity index is 2.06. The molecule has 0 spiro atoms. The lowest BCUT2D eigenvalue weighted by Crippen LogP contribution is -2.25. The summed E-state index contributed by atoms with van der Waals surface area (Å²) in [5.41, 5.74) is 0.718. The maximum Gasteiger partial charge on any atom is 0.340 e. The molecule has 7 heteroatoms. The second-order valence-electron chi connectivity index (χ2n) is 7.25. The number of aromatic carboxylic acids is 2. The van der Waals surface area contributed by atoms with Crippen molar-refractivity contribution in [1.82, 2.24) is 0 Å². The average molecular weight is 433 g/mol. The maximum absolute atomic E-state index is 11.5. The fourth-order valence-corrected chi connectivity index (χ4v) is 4.03. The second kappa shape index (κ2) is 10.4. The lowest BCUT2D eigenvalue weighted by Gasteiger charge is -2.24. The first kappa shape index (κ1) is 23.6. The highest BCUT2D eigenvalue weighted by Crippen LogP contribution is 2.28. The predicted molar refractivity (Wildman–Crippen MR) is 117 cm³/mol. The number of carboxylic acid groups (broad SMARTS) is 2. The van der Waals surface area contributed by atoms with E-state index in [1.807, 2.05) is 32.2 Å². The predicted octanol–water partition coefficient (Wildman–Crippen LogP) is 5.46. The van der Waals surface area contributed by atoms with Gasteiger partial charge in [-0.25, -0.2) is 9.59 Å². The lowest BCUT2D eigenvalue weighted by atomic mass is 9.91. The Morgan fingerprint density at radius 1 is 1.17 bits per heavy atom. The molecule has 0 aliphatic heterocycles. The average Bonchev–Trinajstić information content (AvgIpc) is 3.20. The smallest absolute Gasteiger partial charge is 0.340 e. The Bertz CT molecular complexity index is 924. The normalized spacial score (nSPS) is 12.1. The van der Waals surface area contributed by atoms with Crippen molar-refractivity contribution in [1.29, 1.82) is 0 Å². The number of carbonyl (C=O) groups is 2. The zero-order valence-electron chi connectivity index (χ0n) is 17.5. The quantitative estimate of drug-likeness (QED) is 0.436. The molecule has 1 aromatic heterocycles. The van der Waals surface area contributed by atoms with Crippen LogP contribution in [0.1, 0.15) is 77.6 Å². The van der Waals surface area contributed by atoms with Crippen LogP contribution >= 0.6 is 11.3 Å². The monoisotopic (exact) mass is 432 g/mol. The van der Waals surface area contributed by atoms with E-state index in [1.54, 1.807) is 11.3 Å². The van der Waals surface area contributed by atoms with Crippen molar-refractivity contribution in [3.05, 3.63) is 57.3 Å². The van der Waals surface area contributed by atoms with Gasteiger partial charge in [0.05, 0.1) is 11.2 Å². The van der Waals surface area contributed by atoms with Crippen molar-refractivity contribution in [3.63, 3.8) is 0 Å². The van der Waals surface area contributed by atoms with Crippen LogP contribution in [0.25, 0.3) is 5.57 Å². The van der Waals surface area contributed by atoms with Gasteiger partial charge in [0.25, 0.3) is 0 Å². The van der Waals surface area contributed by atoms with Crippen molar-refractivity contribution < 1.29 is 29.6 Å². The fourth-order valence-electron chi connectivity index (χ4n) is 3.13. The molecule has 3 N–H and O–H groups in total. The van der Waals surface area contributed by atoms with E-state index < -0.39 is 17.5 Å². The van der Waals surface area contributed by atoms with Gasteiger partial charge in [0.1, 0.15) is 17.9 Å². The Hall–Kier alpha value is -2.64. The van der Waals surface area contributed by atoms with Gasteiger partial charge >= 0.3 is 11.9 Å². The molecule has 0 bridgehead atoms. The summed E-state index contributed by atoms with van der Waals surface area (Å²) in [6.07, 6.45) is 5.09. The van der Waals surface area contributed by atoms with Crippen LogP contribution in [0.2, 0.25) is 0 Å². The summed E-state index contributed by atoms with van der Waals surface area (Å²) in [6, 6.07) is 6.14. The number of thiophene rings is 1. The molecule has 2 rings (SSSR count). The first-order valence-corrected chi connectivity index (χ1v) is 10.8. The Labute approximate surface area is 180 Å². The highest BCUT2D eigenvalue weighted by atomic mass is 32.1. The second-order valence-corrected chi connectivity index (χ2v) is 8.17. The van der Waals surface area contributed by atoms with Crippen LogP contribution in [0.4, 0.5) is 0 Å². The fraction of sp³-hybridized carbons (Fsp3) is 0.391. The minimum atomic E-state index is -1.34. The Morgan fingerprint density at radius 2 is 1.87 bits per heavy atom. The molecule has 0 saturated heterocycles. The molecular weight excluding hydrogens is 404 g/mol. The highest BCUT2D eigenvalue weighted by Gasteiger charge is 2.22. The lowest BCUT2D eigenvalue weighted by molar-refractivity contribution is 0.0246. The van der Waals surface area contributed by atoms with E-state index in [2.05, 4.69) is 6.08 Å². The number of hydrogen-bond donors (Lipinski definition) is 3. The van der Waals surface area contributed by atoms with Gasteiger partial charge in [-0.1, -0.05) is 26.0 Å². The third kappa shape index (κ3) is 5.93. The summed E-state index contributed by atoms with van der Waals surface area (Å²) in [5, 5.41) is 30.9. The minimum absolute atomic E-state index is 0.0285. The molecule has 6 nitrogen and oxygen atoms in total. The molecule has 0 unspecified atom stereocenters. The third-order valence-electron chi connectivity index (χ3n) is 5.28. The van der Waals surface area contributed by atoms with Gasteiger partial charge in [-0.2, -0.15) is 0 Å². The van der Waals surface area contributed by atoms with Crippen LogP contribution in [-0.4, -0.2) is 32.9 Å². The maximum atomic E-state index is 11.5. The number of carboxylic acids is 2. The molecular formula is C23H28O6S. The van der Waals surface area contributed by atoms with Gasteiger partial charge in [0, 0.05) is 10.4 Å². The first-order valence-electron chi connectivity index (χ1n) is 9.90. The van der Waals surface area contributed by atoms with Gasteiger partial charge in [-0.15, -0.1) is 11.3 Å². The molecule has 0 radical (unpaired) electrons. The Kier molecular flexibility index (Phi) is 8.20.